The predicted molar refractivity (Wildman–Crippen MR) is 84.9 cm³/mol. The fourth-order valence-corrected chi connectivity index (χ4v) is 3.21. The van der Waals surface area contributed by atoms with E-state index in [1.165, 1.54) is 18.4 Å². The minimum atomic E-state index is -0.130. The third kappa shape index (κ3) is 3.54. The highest BCUT2D eigenvalue weighted by Crippen LogP contribution is 2.40. The molecule has 2 heteroatoms. The van der Waals surface area contributed by atoms with Crippen LogP contribution in [0.1, 0.15) is 58.4 Å². The van der Waals surface area contributed by atoms with Crippen LogP contribution in [0, 0.1) is 11.8 Å². The Labute approximate surface area is 123 Å². The molecule has 1 aliphatic rings. The molecule has 112 valence electrons. The molecular formula is C18H29NO. The minimum Gasteiger partial charge on any atom is -0.494 e. The fourth-order valence-electron chi connectivity index (χ4n) is 3.21. The third-order valence-electron chi connectivity index (χ3n) is 4.77. The Morgan fingerprint density at radius 1 is 1.20 bits per heavy atom. The monoisotopic (exact) mass is 275 g/mol. The lowest BCUT2D eigenvalue weighted by Gasteiger charge is -2.39. The number of rotatable bonds is 5. The van der Waals surface area contributed by atoms with Gasteiger partial charge in [-0.2, -0.15) is 0 Å². The lowest BCUT2D eigenvalue weighted by Crippen LogP contribution is -2.41. The normalized spacial score (nSPS) is 26.8. The molecule has 0 bridgehead atoms. The summed E-state index contributed by atoms with van der Waals surface area (Å²) in [5.41, 5.74) is 7.79. The first-order valence-corrected chi connectivity index (χ1v) is 8.07. The van der Waals surface area contributed by atoms with Crippen molar-refractivity contribution in [1.82, 2.24) is 0 Å². The molecule has 1 aromatic carbocycles. The number of hydrogen-bond donors (Lipinski definition) is 1. The van der Waals surface area contributed by atoms with Gasteiger partial charge in [0.2, 0.25) is 0 Å². The van der Waals surface area contributed by atoms with Crippen LogP contribution < -0.4 is 10.5 Å². The van der Waals surface area contributed by atoms with E-state index in [0.717, 1.165) is 43.5 Å². The molecule has 0 amide bonds. The molecule has 0 radical (unpaired) electrons. The smallest absolute Gasteiger partial charge is 0.119 e. The summed E-state index contributed by atoms with van der Waals surface area (Å²) < 4.78 is 5.64. The first kappa shape index (κ1) is 15.4. The van der Waals surface area contributed by atoms with Crippen molar-refractivity contribution in [3.63, 3.8) is 0 Å². The number of nitrogens with two attached hydrogens (primary N) is 1. The van der Waals surface area contributed by atoms with Gasteiger partial charge in [0.25, 0.3) is 0 Å². The molecule has 2 N–H and O–H groups in total. The van der Waals surface area contributed by atoms with Gasteiger partial charge < -0.3 is 10.5 Å². The zero-order chi connectivity index (χ0) is 14.6. The molecule has 1 aromatic rings. The van der Waals surface area contributed by atoms with Crippen LogP contribution in [0.2, 0.25) is 0 Å². The summed E-state index contributed by atoms with van der Waals surface area (Å²) >= 11 is 0. The highest BCUT2D eigenvalue weighted by molar-refractivity contribution is 5.32. The summed E-state index contributed by atoms with van der Waals surface area (Å²) in [6.07, 6.45) is 5.75. The second-order valence-electron chi connectivity index (χ2n) is 6.61. The van der Waals surface area contributed by atoms with E-state index in [1.807, 2.05) is 0 Å². The average Bonchev–Trinajstić information content (AvgIpc) is 2.46. The van der Waals surface area contributed by atoms with Gasteiger partial charge in [-0.25, -0.2) is 0 Å². The van der Waals surface area contributed by atoms with E-state index in [9.17, 15) is 0 Å². The van der Waals surface area contributed by atoms with Gasteiger partial charge in [0.15, 0.2) is 0 Å². The largest absolute Gasteiger partial charge is 0.494 e. The SMILES string of the molecule is CCCOc1ccc(C2(N)CCC(C(C)C)CC2)cc1. The average molecular weight is 275 g/mol. The summed E-state index contributed by atoms with van der Waals surface area (Å²) in [7, 11) is 0. The standard InChI is InChI=1S/C18H29NO/c1-4-13-20-17-7-5-16(6-8-17)18(19)11-9-15(10-12-18)14(2)3/h5-8,14-15H,4,9-13,19H2,1-3H3. The maximum Gasteiger partial charge on any atom is 0.119 e. The van der Waals surface area contributed by atoms with Crippen molar-refractivity contribution in [2.75, 3.05) is 6.61 Å². The second-order valence-corrected chi connectivity index (χ2v) is 6.61. The first-order valence-electron chi connectivity index (χ1n) is 8.07. The van der Waals surface area contributed by atoms with Crippen LogP contribution in [-0.4, -0.2) is 6.61 Å². The van der Waals surface area contributed by atoms with Crippen molar-refractivity contribution in [3.8, 4) is 5.75 Å². The van der Waals surface area contributed by atoms with Crippen molar-refractivity contribution >= 4 is 0 Å². The quantitative estimate of drug-likeness (QED) is 0.860. The lowest BCUT2D eigenvalue weighted by atomic mass is 9.70. The number of ether oxygens (including phenoxy) is 1. The zero-order valence-corrected chi connectivity index (χ0v) is 13.2. The van der Waals surface area contributed by atoms with Gasteiger partial charge in [0.05, 0.1) is 6.61 Å². The van der Waals surface area contributed by atoms with Crippen LogP contribution in [0.5, 0.6) is 5.75 Å². The molecule has 0 saturated heterocycles. The summed E-state index contributed by atoms with van der Waals surface area (Å²) in [5, 5.41) is 0. The Hall–Kier alpha value is -1.02. The summed E-state index contributed by atoms with van der Waals surface area (Å²) in [5.74, 6) is 2.58. The molecule has 0 atom stereocenters. The van der Waals surface area contributed by atoms with E-state index in [0.29, 0.717) is 0 Å². The lowest BCUT2D eigenvalue weighted by molar-refractivity contribution is 0.196. The molecule has 0 aromatic heterocycles. The summed E-state index contributed by atoms with van der Waals surface area (Å²) in [6.45, 7) is 7.56. The second kappa shape index (κ2) is 6.62. The Kier molecular flexibility index (Phi) is 5.09. The van der Waals surface area contributed by atoms with Crippen molar-refractivity contribution in [3.05, 3.63) is 29.8 Å². The molecule has 20 heavy (non-hydrogen) atoms. The molecule has 1 aliphatic carbocycles. The maximum atomic E-state index is 6.65. The topological polar surface area (TPSA) is 35.2 Å². The van der Waals surface area contributed by atoms with E-state index >= 15 is 0 Å². The van der Waals surface area contributed by atoms with Gasteiger partial charge in [-0.05, 0) is 61.6 Å². The van der Waals surface area contributed by atoms with E-state index in [-0.39, 0.29) is 5.54 Å². The van der Waals surface area contributed by atoms with Crippen molar-refractivity contribution < 1.29 is 4.74 Å². The van der Waals surface area contributed by atoms with Gasteiger partial charge in [0.1, 0.15) is 5.75 Å². The van der Waals surface area contributed by atoms with E-state index in [4.69, 9.17) is 10.5 Å². The fraction of sp³-hybridized carbons (Fsp3) is 0.667. The highest BCUT2D eigenvalue weighted by Gasteiger charge is 2.33. The van der Waals surface area contributed by atoms with Crippen LogP contribution in [0.25, 0.3) is 0 Å². The molecule has 0 heterocycles. The Morgan fingerprint density at radius 3 is 2.30 bits per heavy atom. The van der Waals surface area contributed by atoms with Crippen LogP contribution in [0.4, 0.5) is 0 Å². The zero-order valence-electron chi connectivity index (χ0n) is 13.2. The molecule has 2 rings (SSSR count). The molecule has 0 spiro atoms. The third-order valence-corrected chi connectivity index (χ3v) is 4.77. The van der Waals surface area contributed by atoms with Crippen LogP contribution in [0.15, 0.2) is 24.3 Å². The van der Waals surface area contributed by atoms with Crippen LogP contribution in [0.3, 0.4) is 0 Å². The molecule has 2 nitrogen and oxygen atoms in total. The van der Waals surface area contributed by atoms with Gasteiger partial charge in [-0.15, -0.1) is 0 Å². The molecule has 0 unspecified atom stereocenters. The van der Waals surface area contributed by atoms with Crippen molar-refractivity contribution in [1.29, 1.82) is 0 Å². The maximum absolute atomic E-state index is 6.65. The molecule has 1 saturated carbocycles. The minimum absolute atomic E-state index is 0.130. The summed E-state index contributed by atoms with van der Waals surface area (Å²) in [4.78, 5) is 0. The molecule has 1 fully saturated rings. The molecule has 0 aliphatic heterocycles. The Bertz CT molecular complexity index is 402. The Morgan fingerprint density at radius 2 is 1.80 bits per heavy atom. The van der Waals surface area contributed by atoms with E-state index in [1.54, 1.807) is 0 Å². The van der Waals surface area contributed by atoms with Crippen LogP contribution in [-0.2, 0) is 5.54 Å². The van der Waals surface area contributed by atoms with E-state index in [2.05, 4.69) is 45.0 Å². The number of hydrogen-bond acceptors (Lipinski definition) is 2. The number of benzene rings is 1. The predicted octanol–water partition coefficient (Wildman–Crippen LogP) is 4.48. The van der Waals surface area contributed by atoms with Gasteiger partial charge in [-0.3, -0.25) is 0 Å². The van der Waals surface area contributed by atoms with Crippen molar-refractivity contribution in [2.45, 2.75) is 58.4 Å². The molecular weight excluding hydrogens is 246 g/mol. The van der Waals surface area contributed by atoms with Gasteiger partial charge in [-0.1, -0.05) is 32.9 Å². The van der Waals surface area contributed by atoms with E-state index < -0.39 is 0 Å². The van der Waals surface area contributed by atoms with Crippen molar-refractivity contribution in [2.24, 2.45) is 17.6 Å². The van der Waals surface area contributed by atoms with Gasteiger partial charge in [0, 0.05) is 5.54 Å². The highest BCUT2D eigenvalue weighted by atomic mass is 16.5. The van der Waals surface area contributed by atoms with Crippen LogP contribution >= 0.6 is 0 Å². The Balaban J connectivity index is 2.00. The first-order chi connectivity index (χ1) is 9.55. The summed E-state index contributed by atoms with van der Waals surface area (Å²) in [6, 6.07) is 8.43. The van der Waals surface area contributed by atoms with Gasteiger partial charge >= 0.3 is 0 Å².